The van der Waals surface area contributed by atoms with Gasteiger partial charge in [-0.3, -0.25) is 9.59 Å². The number of amides is 1. The second-order valence-corrected chi connectivity index (χ2v) is 8.23. The van der Waals surface area contributed by atoms with E-state index in [9.17, 15) is 9.59 Å². The van der Waals surface area contributed by atoms with Crippen LogP contribution in [0.15, 0.2) is 11.4 Å². The number of piperidine rings is 1. The fourth-order valence-corrected chi connectivity index (χ4v) is 4.05. The van der Waals surface area contributed by atoms with Gasteiger partial charge in [-0.25, -0.2) is 0 Å². The third-order valence-electron chi connectivity index (χ3n) is 3.76. The van der Waals surface area contributed by atoms with Crippen LogP contribution >= 0.6 is 35.3 Å². The number of hydrogen-bond acceptors (Lipinski definition) is 7. The molecular weight excluding hydrogens is 378 g/mol. The van der Waals surface area contributed by atoms with Crippen LogP contribution in [0.3, 0.4) is 0 Å². The zero-order valence-corrected chi connectivity index (χ0v) is 16.3. The van der Waals surface area contributed by atoms with E-state index >= 15 is 0 Å². The molecule has 1 aromatic heterocycles. The smallest absolute Gasteiger partial charge is 0.316 e. The largest absolute Gasteiger partial charge is 0.455 e. The molecule has 134 valence electrons. The molecule has 2 heterocycles. The first-order valence-corrected chi connectivity index (χ1v) is 10.1. The number of esters is 1. The molecule has 0 aromatic carbocycles. The highest BCUT2D eigenvalue weighted by molar-refractivity contribution is 8.23. The molecule has 1 fully saturated rings. The minimum atomic E-state index is -0.487. The molecule has 0 saturated carbocycles. The Hall–Kier alpha value is -1.63. The molecule has 0 atom stereocenters. The normalized spacial score (nSPS) is 14.6. The summed E-state index contributed by atoms with van der Waals surface area (Å²) < 4.78 is 5.65. The lowest BCUT2D eigenvalue weighted by Crippen LogP contribution is -2.35. The number of rotatable bonds is 5. The van der Waals surface area contributed by atoms with E-state index < -0.39 is 11.9 Å². The SMILES string of the molecule is CC1CCN(C(=S)SCC(=O)OCC(=O)Nc2sccc2C#N)CC1. The summed E-state index contributed by atoms with van der Waals surface area (Å²) in [6, 6.07) is 3.59. The third kappa shape index (κ3) is 6.30. The van der Waals surface area contributed by atoms with Crippen LogP contribution in [0, 0.1) is 17.2 Å². The van der Waals surface area contributed by atoms with Gasteiger partial charge in [0.05, 0.1) is 11.3 Å². The van der Waals surface area contributed by atoms with Crippen LogP contribution in [-0.4, -0.2) is 46.5 Å². The number of thioether (sulfide) groups is 1. The second-order valence-electron chi connectivity index (χ2n) is 5.71. The Morgan fingerprint density at radius 2 is 2.24 bits per heavy atom. The lowest BCUT2D eigenvalue weighted by atomic mass is 10.00. The number of nitrogens with one attached hydrogen (secondary N) is 1. The lowest BCUT2D eigenvalue weighted by molar-refractivity contribution is -0.144. The minimum absolute atomic E-state index is 0.0839. The van der Waals surface area contributed by atoms with Crippen molar-refractivity contribution < 1.29 is 14.3 Å². The number of likely N-dealkylation sites (tertiary alicyclic amines) is 1. The maximum absolute atomic E-state index is 11.8. The number of carbonyl (C=O) groups is 2. The number of ether oxygens (including phenoxy) is 1. The molecule has 0 spiro atoms. The van der Waals surface area contributed by atoms with E-state index in [1.54, 1.807) is 11.4 Å². The zero-order chi connectivity index (χ0) is 18.2. The number of anilines is 1. The molecule has 1 amide bonds. The van der Waals surface area contributed by atoms with Gasteiger partial charge in [0.25, 0.3) is 5.91 Å². The molecule has 0 bridgehead atoms. The van der Waals surface area contributed by atoms with Crippen LogP contribution < -0.4 is 5.32 Å². The number of thiocarbonyl (C=S) groups is 1. The Bertz CT molecular complexity index is 676. The summed E-state index contributed by atoms with van der Waals surface area (Å²) in [4.78, 5) is 25.6. The van der Waals surface area contributed by atoms with Gasteiger partial charge < -0.3 is 15.0 Å². The van der Waals surface area contributed by atoms with Crippen molar-refractivity contribution in [3.63, 3.8) is 0 Å². The predicted octanol–water partition coefficient (Wildman–Crippen LogP) is 2.85. The van der Waals surface area contributed by atoms with E-state index in [0.717, 1.165) is 31.8 Å². The van der Waals surface area contributed by atoms with Crippen molar-refractivity contribution in [2.45, 2.75) is 19.8 Å². The van der Waals surface area contributed by atoms with Gasteiger partial charge in [0, 0.05) is 13.1 Å². The summed E-state index contributed by atoms with van der Waals surface area (Å²) in [6.45, 7) is 3.70. The maximum Gasteiger partial charge on any atom is 0.316 e. The average molecular weight is 398 g/mol. The first kappa shape index (κ1) is 19.7. The molecule has 1 saturated heterocycles. The molecule has 6 nitrogen and oxygen atoms in total. The number of thiophene rings is 1. The van der Waals surface area contributed by atoms with Gasteiger partial charge in [0.2, 0.25) is 0 Å². The van der Waals surface area contributed by atoms with Crippen molar-refractivity contribution in [1.82, 2.24) is 4.90 Å². The molecule has 25 heavy (non-hydrogen) atoms. The Morgan fingerprint density at radius 1 is 1.52 bits per heavy atom. The summed E-state index contributed by atoms with van der Waals surface area (Å²) in [5.41, 5.74) is 0.390. The fourth-order valence-electron chi connectivity index (χ4n) is 2.25. The van der Waals surface area contributed by atoms with E-state index in [-0.39, 0.29) is 12.4 Å². The van der Waals surface area contributed by atoms with E-state index in [4.69, 9.17) is 22.2 Å². The Kier molecular flexibility index (Phi) is 7.68. The number of hydrogen-bond donors (Lipinski definition) is 1. The van der Waals surface area contributed by atoms with Crippen LogP contribution in [0.5, 0.6) is 0 Å². The fraction of sp³-hybridized carbons (Fsp3) is 0.500. The number of nitrogens with zero attached hydrogens (tertiary/aromatic N) is 2. The van der Waals surface area contributed by atoms with E-state index in [1.165, 1.54) is 23.1 Å². The minimum Gasteiger partial charge on any atom is -0.455 e. The molecule has 0 unspecified atom stereocenters. The van der Waals surface area contributed by atoms with Crippen LogP contribution in [0.2, 0.25) is 0 Å². The van der Waals surface area contributed by atoms with Gasteiger partial charge >= 0.3 is 5.97 Å². The molecule has 1 N–H and O–H groups in total. The first-order valence-electron chi connectivity index (χ1n) is 7.84. The number of nitriles is 1. The van der Waals surface area contributed by atoms with Crippen molar-refractivity contribution in [1.29, 1.82) is 5.26 Å². The monoisotopic (exact) mass is 397 g/mol. The van der Waals surface area contributed by atoms with Crippen molar-refractivity contribution in [3.05, 3.63) is 17.0 Å². The molecule has 2 rings (SSSR count). The maximum atomic E-state index is 11.8. The lowest BCUT2D eigenvalue weighted by Gasteiger charge is -2.31. The third-order valence-corrected chi connectivity index (χ3v) is 6.08. The first-order chi connectivity index (χ1) is 12.0. The van der Waals surface area contributed by atoms with Crippen molar-refractivity contribution in [3.8, 4) is 6.07 Å². The van der Waals surface area contributed by atoms with Gasteiger partial charge in [-0.15, -0.1) is 11.3 Å². The van der Waals surface area contributed by atoms with E-state index in [2.05, 4.69) is 17.1 Å². The van der Waals surface area contributed by atoms with Crippen LogP contribution in [0.1, 0.15) is 25.3 Å². The molecule has 1 aliphatic rings. The van der Waals surface area contributed by atoms with Gasteiger partial charge in [0.1, 0.15) is 15.4 Å². The standard InChI is InChI=1S/C16H19N3O3S3/c1-11-2-5-19(6-3-11)16(23)25-10-14(21)22-9-13(20)18-15-12(8-17)4-7-24-15/h4,7,11H,2-3,5-6,9-10H2,1H3,(H,18,20). The van der Waals surface area contributed by atoms with Gasteiger partial charge in [-0.1, -0.05) is 30.9 Å². The Morgan fingerprint density at radius 3 is 2.92 bits per heavy atom. The molecular formula is C16H19N3O3S3. The van der Waals surface area contributed by atoms with Crippen molar-refractivity contribution in [2.24, 2.45) is 5.92 Å². The van der Waals surface area contributed by atoms with Gasteiger partial charge in [-0.05, 0) is 30.2 Å². The van der Waals surface area contributed by atoms with Gasteiger partial charge in [0.15, 0.2) is 6.61 Å². The second kappa shape index (κ2) is 9.75. The summed E-state index contributed by atoms with van der Waals surface area (Å²) in [6.07, 6.45) is 2.22. The number of carbonyl (C=O) groups excluding carboxylic acids is 2. The highest BCUT2D eigenvalue weighted by Gasteiger charge is 2.19. The van der Waals surface area contributed by atoms with Crippen LogP contribution in [0.4, 0.5) is 5.00 Å². The molecule has 1 aliphatic heterocycles. The molecule has 0 radical (unpaired) electrons. The van der Waals surface area contributed by atoms with Crippen LogP contribution in [0.25, 0.3) is 0 Å². The van der Waals surface area contributed by atoms with Gasteiger partial charge in [-0.2, -0.15) is 5.26 Å². The van der Waals surface area contributed by atoms with Crippen molar-refractivity contribution >= 4 is 56.5 Å². The summed E-state index contributed by atoms with van der Waals surface area (Å²) in [5, 5.41) is 13.6. The molecule has 1 aromatic rings. The highest BCUT2D eigenvalue weighted by Crippen LogP contribution is 2.22. The average Bonchev–Trinajstić information content (AvgIpc) is 3.05. The molecule has 0 aliphatic carbocycles. The predicted molar refractivity (Wildman–Crippen MR) is 104 cm³/mol. The Labute approximate surface area is 160 Å². The van der Waals surface area contributed by atoms with E-state index in [0.29, 0.717) is 14.9 Å². The quantitative estimate of drug-likeness (QED) is 0.604. The Balaban J connectivity index is 1.66. The highest BCUT2D eigenvalue weighted by atomic mass is 32.2. The zero-order valence-electron chi connectivity index (χ0n) is 13.8. The van der Waals surface area contributed by atoms with Crippen LogP contribution in [-0.2, 0) is 14.3 Å². The van der Waals surface area contributed by atoms with E-state index in [1.807, 2.05) is 6.07 Å². The summed E-state index contributed by atoms with van der Waals surface area (Å²) >= 11 is 7.85. The topological polar surface area (TPSA) is 82.4 Å². The summed E-state index contributed by atoms with van der Waals surface area (Å²) in [5.74, 6) is -0.150. The molecule has 9 heteroatoms. The van der Waals surface area contributed by atoms with Crippen molar-refractivity contribution in [2.75, 3.05) is 30.8 Å². The summed E-state index contributed by atoms with van der Waals surface area (Å²) in [7, 11) is 0.